The Bertz CT molecular complexity index is 766. The molecule has 1 N–H and O–H groups in total. The van der Waals surface area contributed by atoms with E-state index in [1.807, 2.05) is 36.4 Å². The molecule has 2 bridgehead atoms. The largest absolute Gasteiger partial charge is 0.467 e. The number of para-hydroxylation sites is 1. The second-order valence-corrected chi connectivity index (χ2v) is 7.14. The molecule has 5 heteroatoms. The van der Waals surface area contributed by atoms with Gasteiger partial charge < -0.3 is 10.1 Å². The molecule has 1 saturated heterocycles. The number of thiocarbonyl (C=S) groups is 1. The van der Waals surface area contributed by atoms with E-state index < -0.39 is 5.72 Å². The van der Waals surface area contributed by atoms with Crippen molar-refractivity contribution >= 4 is 38.9 Å². The van der Waals surface area contributed by atoms with Gasteiger partial charge in [0.25, 0.3) is 0 Å². The van der Waals surface area contributed by atoms with Crippen molar-refractivity contribution in [2.75, 3.05) is 4.90 Å². The summed E-state index contributed by atoms with van der Waals surface area (Å²) in [5, 5.41) is 4.16. The number of nitrogens with one attached hydrogen (secondary N) is 1. The first-order valence-corrected chi connectivity index (χ1v) is 8.41. The van der Waals surface area contributed by atoms with Gasteiger partial charge >= 0.3 is 0 Å². The maximum atomic E-state index is 6.35. The quantitative estimate of drug-likeness (QED) is 0.748. The predicted molar refractivity (Wildman–Crippen MR) is 95.2 cm³/mol. The van der Waals surface area contributed by atoms with Crippen LogP contribution in [0.2, 0.25) is 0 Å². The van der Waals surface area contributed by atoms with Gasteiger partial charge in [0.2, 0.25) is 0 Å². The fourth-order valence-corrected chi connectivity index (χ4v) is 4.16. The zero-order valence-corrected chi connectivity index (χ0v) is 14.4. The highest BCUT2D eigenvalue weighted by Crippen LogP contribution is 2.45. The van der Waals surface area contributed by atoms with Crippen LogP contribution in [-0.4, -0.2) is 10.8 Å². The predicted octanol–water partition coefficient (Wildman–Crippen LogP) is 4.38. The molecular weight excluding hydrogens is 360 g/mol. The normalized spacial score (nSPS) is 26.0. The molecule has 112 valence electrons. The van der Waals surface area contributed by atoms with E-state index in [0.717, 1.165) is 22.3 Å². The van der Waals surface area contributed by atoms with Crippen molar-refractivity contribution in [1.82, 2.24) is 5.32 Å². The van der Waals surface area contributed by atoms with Crippen molar-refractivity contribution in [2.45, 2.75) is 25.1 Å². The molecule has 0 amide bonds. The molecule has 2 aromatic carbocycles. The van der Waals surface area contributed by atoms with Crippen molar-refractivity contribution in [3.05, 3.63) is 58.6 Å². The topological polar surface area (TPSA) is 24.5 Å². The maximum absolute atomic E-state index is 6.35. The average molecular weight is 375 g/mol. The van der Waals surface area contributed by atoms with Crippen LogP contribution in [0.25, 0.3) is 0 Å². The minimum absolute atomic E-state index is 0.200. The van der Waals surface area contributed by atoms with Gasteiger partial charge in [-0.2, -0.15) is 0 Å². The lowest BCUT2D eigenvalue weighted by Gasteiger charge is -2.52. The lowest BCUT2D eigenvalue weighted by Crippen LogP contribution is -2.65. The summed E-state index contributed by atoms with van der Waals surface area (Å²) in [6, 6.07) is 16.5. The third-order valence-electron chi connectivity index (χ3n) is 4.25. The molecule has 2 atom stereocenters. The SMILES string of the molecule is C[C@]12C[C@@H](NC(=S)N1c1cccc(Br)c1)c1ccccc1O2. The first-order chi connectivity index (χ1) is 10.6. The van der Waals surface area contributed by atoms with E-state index in [1.165, 1.54) is 5.56 Å². The second-order valence-electron chi connectivity index (χ2n) is 5.84. The summed E-state index contributed by atoms with van der Waals surface area (Å²) in [5.41, 5.74) is 1.71. The standard InChI is InChI=1S/C17H15BrN2OS/c1-17-10-14(13-7-2-3-8-15(13)21-17)19-16(22)20(17)12-6-4-5-11(18)9-12/h2-9,14H,10H2,1H3,(H,19,22)/t14-,17+/m1/s1. The van der Waals surface area contributed by atoms with Crippen molar-refractivity contribution in [3.8, 4) is 5.75 Å². The van der Waals surface area contributed by atoms with E-state index in [0.29, 0.717) is 5.11 Å². The number of halogens is 1. The number of nitrogens with zero attached hydrogens (tertiary/aromatic N) is 1. The van der Waals surface area contributed by atoms with Crippen LogP contribution in [0, 0.1) is 0 Å². The molecule has 0 saturated carbocycles. The second kappa shape index (κ2) is 4.96. The summed E-state index contributed by atoms with van der Waals surface area (Å²) < 4.78 is 7.37. The first-order valence-electron chi connectivity index (χ1n) is 7.21. The van der Waals surface area contributed by atoms with E-state index in [9.17, 15) is 0 Å². The van der Waals surface area contributed by atoms with Gasteiger partial charge in [0.1, 0.15) is 5.75 Å². The fourth-order valence-electron chi connectivity index (χ4n) is 3.33. The van der Waals surface area contributed by atoms with E-state index in [-0.39, 0.29) is 6.04 Å². The Hall–Kier alpha value is -1.59. The zero-order chi connectivity index (χ0) is 15.3. The van der Waals surface area contributed by atoms with Crippen LogP contribution in [0.1, 0.15) is 24.9 Å². The molecule has 0 radical (unpaired) electrons. The lowest BCUT2D eigenvalue weighted by atomic mass is 9.90. The third-order valence-corrected chi connectivity index (χ3v) is 5.04. The Morgan fingerprint density at radius 2 is 2.09 bits per heavy atom. The molecule has 3 nitrogen and oxygen atoms in total. The monoisotopic (exact) mass is 374 g/mol. The summed E-state index contributed by atoms with van der Waals surface area (Å²) in [6.07, 6.45) is 0.844. The van der Waals surface area contributed by atoms with E-state index in [2.05, 4.69) is 45.2 Å². The van der Waals surface area contributed by atoms with Gasteiger partial charge in [-0.05, 0) is 43.4 Å². The van der Waals surface area contributed by atoms with Gasteiger partial charge in [0.15, 0.2) is 10.8 Å². The highest BCUT2D eigenvalue weighted by atomic mass is 79.9. The minimum Gasteiger partial charge on any atom is -0.467 e. The molecule has 2 heterocycles. The van der Waals surface area contributed by atoms with Crippen LogP contribution in [0.4, 0.5) is 5.69 Å². The molecule has 2 aliphatic heterocycles. The van der Waals surface area contributed by atoms with E-state index >= 15 is 0 Å². The first kappa shape index (κ1) is 14.0. The molecule has 2 aliphatic rings. The molecule has 4 rings (SSSR count). The fraction of sp³-hybridized carbons (Fsp3) is 0.235. The Kier molecular flexibility index (Phi) is 3.16. The van der Waals surface area contributed by atoms with Crippen LogP contribution in [0.5, 0.6) is 5.75 Å². The van der Waals surface area contributed by atoms with Crippen LogP contribution >= 0.6 is 28.1 Å². The van der Waals surface area contributed by atoms with Crippen molar-refractivity contribution in [2.24, 2.45) is 0 Å². The summed E-state index contributed by atoms with van der Waals surface area (Å²) in [6.45, 7) is 2.10. The number of anilines is 1. The van der Waals surface area contributed by atoms with Crippen LogP contribution in [0.3, 0.4) is 0 Å². The van der Waals surface area contributed by atoms with Crippen LogP contribution in [-0.2, 0) is 0 Å². The smallest absolute Gasteiger partial charge is 0.188 e. The highest BCUT2D eigenvalue weighted by Gasteiger charge is 2.48. The molecule has 0 spiro atoms. The number of hydrogen-bond acceptors (Lipinski definition) is 2. The lowest BCUT2D eigenvalue weighted by molar-refractivity contribution is 0.0498. The summed E-state index contributed by atoms with van der Waals surface area (Å²) in [5.74, 6) is 0.927. The number of rotatable bonds is 1. The van der Waals surface area contributed by atoms with Crippen molar-refractivity contribution in [3.63, 3.8) is 0 Å². The third kappa shape index (κ3) is 2.11. The van der Waals surface area contributed by atoms with Gasteiger partial charge in [-0.3, -0.25) is 4.90 Å². The minimum atomic E-state index is -0.484. The molecule has 22 heavy (non-hydrogen) atoms. The number of fused-ring (bicyclic) bond motifs is 4. The van der Waals surface area contributed by atoms with E-state index in [1.54, 1.807) is 0 Å². The zero-order valence-electron chi connectivity index (χ0n) is 12.0. The number of hydrogen-bond donors (Lipinski definition) is 1. The average Bonchev–Trinajstić information content (AvgIpc) is 2.46. The molecule has 0 aromatic heterocycles. The van der Waals surface area contributed by atoms with Crippen LogP contribution in [0.15, 0.2) is 53.0 Å². The van der Waals surface area contributed by atoms with Gasteiger partial charge in [-0.1, -0.05) is 40.2 Å². The summed E-state index contributed by atoms with van der Waals surface area (Å²) in [4.78, 5) is 2.07. The molecule has 1 fully saturated rings. The number of ether oxygens (including phenoxy) is 1. The Morgan fingerprint density at radius 3 is 2.91 bits per heavy atom. The summed E-state index contributed by atoms with van der Waals surface area (Å²) in [7, 11) is 0. The maximum Gasteiger partial charge on any atom is 0.188 e. The van der Waals surface area contributed by atoms with Gasteiger partial charge in [0, 0.05) is 22.1 Å². The van der Waals surface area contributed by atoms with Gasteiger partial charge in [0.05, 0.1) is 6.04 Å². The molecular formula is C17H15BrN2OS. The van der Waals surface area contributed by atoms with E-state index in [4.69, 9.17) is 17.0 Å². The van der Waals surface area contributed by atoms with Crippen molar-refractivity contribution < 1.29 is 4.74 Å². The molecule has 2 aromatic rings. The summed E-state index contributed by atoms with van der Waals surface area (Å²) >= 11 is 9.16. The van der Waals surface area contributed by atoms with Crippen molar-refractivity contribution in [1.29, 1.82) is 0 Å². The van der Waals surface area contributed by atoms with Crippen LogP contribution < -0.4 is 15.0 Å². The Morgan fingerprint density at radius 1 is 1.27 bits per heavy atom. The molecule has 0 aliphatic carbocycles. The molecule has 0 unspecified atom stereocenters. The highest BCUT2D eigenvalue weighted by molar-refractivity contribution is 9.10. The van der Waals surface area contributed by atoms with Gasteiger partial charge in [-0.15, -0.1) is 0 Å². The number of benzene rings is 2. The Balaban J connectivity index is 1.82. The Labute approximate surface area is 143 Å². The van der Waals surface area contributed by atoms with Gasteiger partial charge in [-0.25, -0.2) is 0 Å².